The van der Waals surface area contributed by atoms with Crippen molar-refractivity contribution in [2.24, 2.45) is 0 Å². The summed E-state index contributed by atoms with van der Waals surface area (Å²) in [5.74, 6) is 0.0864. The summed E-state index contributed by atoms with van der Waals surface area (Å²) >= 11 is 0. The molecule has 0 aliphatic heterocycles. The Morgan fingerprint density at radius 1 is 0.826 bits per heavy atom. The Morgan fingerprint density at radius 3 is 2.00 bits per heavy atom. The van der Waals surface area contributed by atoms with Crippen LogP contribution in [0.5, 0.6) is 0 Å². The minimum Gasteiger partial charge on any atom is -0.334 e. The van der Waals surface area contributed by atoms with Crippen LogP contribution in [0.25, 0.3) is 12.2 Å². The van der Waals surface area contributed by atoms with Gasteiger partial charge >= 0.3 is 0 Å². The second kappa shape index (κ2) is 7.77. The highest BCUT2D eigenvalue weighted by atomic mass is 16.2. The van der Waals surface area contributed by atoms with Crippen molar-refractivity contribution in [2.75, 3.05) is 0 Å². The van der Waals surface area contributed by atoms with E-state index in [4.69, 9.17) is 0 Å². The monoisotopic (exact) mass is 307 g/mol. The van der Waals surface area contributed by atoms with E-state index >= 15 is 0 Å². The molecule has 2 heteroatoms. The molecule has 0 atom stereocenters. The zero-order chi connectivity index (χ0) is 16.8. The summed E-state index contributed by atoms with van der Waals surface area (Å²) in [5.41, 5.74) is 2.83. The summed E-state index contributed by atoms with van der Waals surface area (Å²) < 4.78 is 0. The van der Waals surface area contributed by atoms with Crippen molar-refractivity contribution in [3.05, 3.63) is 71.3 Å². The van der Waals surface area contributed by atoms with Gasteiger partial charge in [-0.05, 0) is 44.9 Å². The first kappa shape index (κ1) is 17.0. The van der Waals surface area contributed by atoms with Crippen LogP contribution >= 0.6 is 0 Å². The van der Waals surface area contributed by atoms with Crippen LogP contribution < -0.4 is 0 Å². The summed E-state index contributed by atoms with van der Waals surface area (Å²) in [6, 6.07) is 18.3. The van der Waals surface area contributed by atoms with Crippen molar-refractivity contribution in [3.63, 3.8) is 0 Å². The van der Waals surface area contributed by atoms with Gasteiger partial charge in [-0.15, -0.1) is 0 Å². The van der Waals surface area contributed by atoms with Gasteiger partial charge in [0.15, 0.2) is 0 Å². The van der Waals surface area contributed by atoms with Crippen LogP contribution in [0.1, 0.15) is 49.2 Å². The Kier molecular flexibility index (Phi) is 5.75. The number of hydrogen-bond acceptors (Lipinski definition) is 1. The fraction of sp³-hybridized carbons (Fsp3) is 0.286. The Balaban J connectivity index is 2.34. The Morgan fingerprint density at radius 2 is 1.39 bits per heavy atom. The third-order valence-electron chi connectivity index (χ3n) is 3.79. The van der Waals surface area contributed by atoms with Crippen LogP contribution in [0.2, 0.25) is 0 Å². The lowest BCUT2D eigenvalue weighted by atomic mass is 10.0. The van der Waals surface area contributed by atoms with Crippen molar-refractivity contribution in [1.82, 2.24) is 4.90 Å². The van der Waals surface area contributed by atoms with E-state index in [1.54, 1.807) is 0 Å². The molecule has 2 aromatic rings. The molecule has 0 aliphatic rings. The van der Waals surface area contributed by atoms with Gasteiger partial charge in [-0.25, -0.2) is 0 Å². The molecule has 0 bridgehead atoms. The maximum Gasteiger partial charge on any atom is 0.254 e. The Hall–Kier alpha value is -2.35. The van der Waals surface area contributed by atoms with Crippen LogP contribution in [-0.4, -0.2) is 22.9 Å². The standard InChI is InChI=1S/C21H25NO/c1-16(2)22(17(3)4)21(23)20-13-9-8-12-19(20)15-14-18-10-6-5-7-11-18/h5-17H,1-4H3/b15-14+. The molecule has 0 fully saturated rings. The van der Waals surface area contributed by atoms with E-state index in [0.717, 1.165) is 16.7 Å². The minimum absolute atomic E-state index is 0.0864. The van der Waals surface area contributed by atoms with Crippen LogP contribution in [0.3, 0.4) is 0 Å². The van der Waals surface area contributed by atoms with Crippen LogP contribution in [0, 0.1) is 0 Å². The van der Waals surface area contributed by atoms with E-state index < -0.39 is 0 Å². The maximum absolute atomic E-state index is 13.0. The zero-order valence-corrected chi connectivity index (χ0v) is 14.4. The number of carbonyl (C=O) groups is 1. The third-order valence-corrected chi connectivity index (χ3v) is 3.79. The molecule has 120 valence electrons. The van der Waals surface area contributed by atoms with Crippen LogP contribution in [0.15, 0.2) is 54.6 Å². The topological polar surface area (TPSA) is 20.3 Å². The molecule has 1 amide bonds. The summed E-state index contributed by atoms with van der Waals surface area (Å²) in [7, 11) is 0. The van der Waals surface area contributed by atoms with Gasteiger partial charge < -0.3 is 4.90 Å². The van der Waals surface area contributed by atoms with Gasteiger partial charge in [0.25, 0.3) is 5.91 Å². The lowest BCUT2D eigenvalue weighted by molar-refractivity contribution is 0.0643. The molecule has 0 spiro atoms. The predicted molar refractivity (Wildman–Crippen MR) is 98.3 cm³/mol. The number of nitrogens with zero attached hydrogens (tertiary/aromatic N) is 1. The zero-order valence-electron chi connectivity index (χ0n) is 14.4. The van der Waals surface area contributed by atoms with Crippen molar-refractivity contribution >= 4 is 18.1 Å². The molecular weight excluding hydrogens is 282 g/mol. The molecule has 0 aromatic heterocycles. The average Bonchev–Trinajstić information content (AvgIpc) is 2.53. The molecule has 23 heavy (non-hydrogen) atoms. The van der Waals surface area contributed by atoms with Gasteiger partial charge in [0.1, 0.15) is 0 Å². The predicted octanol–water partition coefficient (Wildman–Crippen LogP) is 5.12. The number of benzene rings is 2. The molecular formula is C21H25NO. The first-order chi connectivity index (χ1) is 11.0. The molecule has 2 aromatic carbocycles. The second-order valence-electron chi connectivity index (χ2n) is 6.23. The minimum atomic E-state index is 0.0864. The summed E-state index contributed by atoms with van der Waals surface area (Å²) in [4.78, 5) is 14.9. The largest absolute Gasteiger partial charge is 0.334 e. The van der Waals surface area contributed by atoms with Crippen molar-refractivity contribution < 1.29 is 4.79 Å². The molecule has 2 nitrogen and oxygen atoms in total. The molecule has 0 radical (unpaired) electrons. The Bertz CT molecular complexity index is 663. The van der Waals surface area contributed by atoms with E-state index in [1.807, 2.05) is 59.5 Å². The second-order valence-corrected chi connectivity index (χ2v) is 6.23. The van der Waals surface area contributed by atoms with E-state index in [9.17, 15) is 4.79 Å². The van der Waals surface area contributed by atoms with Gasteiger partial charge in [-0.2, -0.15) is 0 Å². The van der Waals surface area contributed by atoms with Gasteiger partial charge in [-0.3, -0.25) is 4.79 Å². The smallest absolute Gasteiger partial charge is 0.254 e. The summed E-state index contributed by atoms with van der Waals surface area (Å²) in [6.07, 6.45) is 4.06. The maximum atomic E-state index is 13.0. The van der Waals surface area contributed by atoms with Crippen molar-refractivity contribution in [2.45, 2.75) is 39.8 Å². The summed E-state index contributed by atoms with van der Waals surface area (Å²) in [5, 5.41) is 0. The van der Waals surface area contributed by atoms with Crippen molar-refractivity contribution in [1.29, 1.82) is 0 Å². The average molecular weight is 307 g/mol. The molecule has 0 aliphatic carbocycles. The lowest BCUT2D eigenvalue weighted by Gasteiger charge is -2.31. The van der Waals surface area contributed by atoms with E-state index in [2.05, 4.69) is 39.8 Å². The van der Waals surface area contributed by atoms with E-state index in [1.165, 1.54) is 0 Å². The normalized spacial score (nSPS) is 11.4. The highest BCUT2D eigenvalue weighted by Crippen LogP contribution is 2.18. The van der Waals surface area contributed by atoms with Gasteiger partial charge in [0.05, 0.1) is 0 Å². The first-order valence-corrected chi connectivity index (χ1v) is 8.15. The van der Waals surface area contributed by atoms with Crippen LogP contribution in [-0.2, 0) is 0 Å². The number of hydrogen-bond donors (Lipinski definition) is 0. The van der Waals surface area contributed by atoms with Gasteiger partial charge in [0.2, 0.25) is 0 Å². The molecule has 0 unspecified atom stereocenters. The van der Waals surface area contributed by atoms with E-state index in [0.29, 0.717) is 0 Å². The van der Waals surface area contributed by atoms with Gasteiger partial charge in [0, 0.05) is 17.6 Å². The molecule has 2 rings (SSSR count). The number of amides is 1. The Labute approximate surface area is 139 Å². The number of carbonyl (C=O) groups excluding carboxylic acids is 1. The number of rotatable bonds is 5. The van der Waals surface area contributed by atoms with E-state index in [-0.39, 0.29) is 18.0 Å². The quantitative estimate of drug-likeness (QED) is 0.702. The molecule has 0 saturated carbocycles. The molecule has 0 heterocycles. The van der Waals surface area contributed by atoms with Crippen LogP contribution in [0.4, 0.5) is 0 Å². The molecule has 0 N–H and O–H groups in total. The fourth-order valence-electron chi connectivity index (χ4n) is 2.79. The highest BCUT2D eigenvalue weighted by molar-refractivity contribution is 5.99. The van der Waals surface area contributed by atoms with Gasteiger partial charge in [-0.1, -0.05) is 60.7 Å². The summed E-state index contributed by atoms with van der Waals surface area (Å²) in [6.45, 7) is 8.22. The molecule has 0 saturated heterocycles. The van der Waals surface area contributed by atoms with Crippen molar-refractivity contribution in [3.8, 4) is 0 Å². The lowest BCUT2D eigenvalue weighted by Crippen LogP contribution is -2.42. The highest BCUT2D eigenvalue weighted by Gasteiger charge is 2.22. The third kappa shape index (κ3) is 4.32. The first-order valence-electron chi connectivity index (χ1n) is 8.15. The fourth-order valence-corrected chi connectivity index (χ4v) is 2.79. The SMILES string of the molecule is CC(C)N(C(=O)c1ccccc1/C=C/c1ccccc1)C(C)C.